The zero-order valence-electron chi connectivity index (χ0n) is 14.7. The van der Waals surface area contributed by atoms with Gasteiger partial charge in [-0.3, -0.25) is 4.79 Å². The molecular weight excluding hydrogens is 342 g/mol. The van der Waals surface area contributed by atoms with Gasteiger partial charge in [0.05, 0.1) is 5.54 Å². The maximum Gasteiger partial charge on any atom is 0.255 e. The molecule has 0 aromatic heterocycles. The quantitative estimate of drug-likeness (QED) is 0.604. The fourth-order valence-corrected chi connectivity index (χ4v) is 4.03. The molecular formula is C23H20ClNO. The van der Waals surface area contributed by atoms with Crippen molar-refractivity contribution in [1.29, 1.82) is 0 Å². The van der Waals surface area contributed by atoms with Crippen LogP contribution in [-0.4, -0.2) is 10.8 Å². The summed E-state index contributed by atoms with van der Waals surface area (Å²) in [5.74, 6) is 0.0685. The van der Waals surface area contributed by atoms with E-state index >= 15 is 0 Å². The Bertz CT molecular complexity index is 939. The van der Waals surface area contributed by atoms with Crippen molar-refractivity contribution < 1.29 is 4.79 Å². The summed E-state index contributed by atoms with van der Waals surface area (Å²) in [7, 11) is 0. The lowest BCUT2D eigenvalue weighted by Crippen LogP contribution is -2.42. The largest absolute Gasteiger partial charge is 0.324 e. The highest BCUT2D eigenvalue weighted by atomic mass is 35.5. The number of hydrogen-bond donors (Lipinski definition) is 0. The zero-order valence-corrected chi connectivity index (χ0v) is 15.4. The minimum absolute atomic E-state index is 0.0685. The summed E-state index contributed by atoms with van der Waals surface area (Å²) >= 11 is 6.28. The molecule has 3 aromatic rings. The first-order chi connectivity index (χ1) is 12.6. The van der Waals surface area contributed by atoms with Crippen molar-refractivity contribution in [3.63, 3.8) is 0 Å². The van der Waals surface area contributed by atoms with Crippen molar-refractivity contribution in [2.24, 2.45) is 0 Å². The maximum absolute atomic E-state index is 13.2. The summed E-state index contributed by atoms with van der Waals surface area (Å²) in [5, 5.41) is 0.664. The van der Waals surface area contributed by atoms with Crippen molar-refractivity contribution >= 4 is 17.5 Å². The molecule has 26 heavy (non-hydrogen) atoms. The Hall–Kier alpha value is -2.58. The van der Waals surface area contributed by atoms with Crippen molar-refractivity contribution in [3.05, 3.63) is 106 Å². The van der Waals surface area contributed by atoms with Crippen LogP contribution in [0.4, 0.5) is 0 Å². The van der Waals surface area contributed by atoms with Gasteiger partial charge in [0.15, 0.2) is 0 Å². The minimum atomic E-state index is -0.436. The number of amides is 1. The van der Waals surface area contributed by atoms with E-state index in [0.717, 1.165) is 23.1 Å². The van der Waals surface area contributed by atoms with Crippen molar-refractivity contribution in [1.82, 2.24) is 4.90 Å². The Morgan fingerprint density at radius 1 is 0.885 bits per heavy atom. The van der Waals surface area contributed by atoms with E-state index in [-0.39, 0.29) is 5.91 Å². The van der Waals surface area contributed by atoms with Gasteiger partial charge < -0.3 is 4.90 Å². The lowest BCUT2D eigenvalue weighted by atomic mass is 9.85. The van der Waals surface area contributed by atoms with Crippen LogP contribution < -0.4 is 0 Å². The molecule has 0 radical (unpaired) electrons. The third-order valence-corrected chi connectivity index (χ3v) is 5.44. The lowest BCUT2D eigenvalue weighted by Gasteiger charge is -2.36. The second-order valence-corrected chi connectivity index (χ2v) is 7.44. The number of carbonyl (C=O) groups is 1. The third-order valence-electron chi connectivity index (χ3n) is 5.21. The highest BCUT2D eigenvalue weighted by Crippen LogP contribution is 2.43. The molecule has 0 aliphatic carbocycles. The van der Waals surface area contributed by atoms with Crippen molar-refractivity contribution in [3.8, 4) is 0 Å². The highest BCUT2D eigenvalue weighted by molar-refractivity contribution is 6.30. The van der Waals surface area contributed by atoms with Crippen LogP contribution in [0.25, 0.3) is 0 Å². The van der Waals surface area contributed by atoms with E-state index < -0.39 is 5.54 Å². The predicted molar refractivity (Wildman–Crippen MR) is 105 cm³/mol. The molecule has 0 fully saturated rings. The standard InChI is InChI=1S/C23H20ClNO/c1-23(15-17-8-4-2-5-9-17)21-14-19(24)12-13-20(21)22(26)25(23)16-18-10-6-3-7-11-18/h2-14H,15-16H2,1H3/t23-/m1/s1. The molecule has 1 aliphatic rings. The molecule has 0 saturated carbocycles. The van der Waals surface area contributed by atoms with E-state index in [1.165, 1.54) is 5.56 Å². The average Bonchev–Trinajstić information content (AvgIpc) is 2.85. The molecule has 1 heterocycles. The summed E-state index contributed by atoms with van der Waals surface area (Å²) in [6.07, 6.45) is 0.750. The second-order valence-electron chi connectivity index (χ2n) is 7.00. The molecule has 1 amide bonds. The van der Waals surface area contributed by atoms with Gasteiger partial charge >= 0.3 is 0 Å². The van der Waals surface area contributed by atoms with E-state index in [4.69, 9.17) is 11.6 Å². The zero-order chi connectivity index (χ0) is 18.1. The number of rotatable bonds is 4. The van der Waals surface area contributed by atoms with E-state index in [1.807, 2.05) is 53.4 Å². The van der Waals surface area contributed by atoms with Crippen LogP contribution in [0.1, 0.15) is 34.0 Å². The molecule has 0 N–H and O–H groups in total. The monoisotopic (exact) mass is 361 g/mol. The van der Waals surface area contributed by atoms with E-state index in [1.54, 1.807) is 6.07 Å². The topological polar surface area (TPSA) is 20.3 Å². The minimum Gasteiger partial charge on any atom is -0.324 e. The first-order valence-electron chi connectivity index (χ1n) is 8.78. The van der Waals surface area contributed by atoms with Gasteiger partial charge in [-0.1, -0.05) is 72.3 Å². The second kappa shape index (κ2) is 6.62. The number of halogens is 1. The summed E-state index contributed by atoms with van der Waals surface area (Å²) in [6, 6.07) is 26.0. The van der Waals surface area contributed by atoms with Gasteiger partial charge in [-0.2, -0.15) is 0 Å². The Morgan fingerprint density at radius 2 is 1.50 bits per heavy atom. The molecule has 0 unspecified atom stereocenters. The molecule has 4 rings (SSSR count). The van der Waals surface area contributed by atoms with Crippen LogP contribution in [0.15, 0.2) is 78.9 Å². The van der Waals surface area contributed by atoms with Crippen LogP contribution in [0, 0.1) is 0 Å². The molecule has 3 heteroatoms. The lowest BCUT2D eigenvalue weighted by molar-refractivity contribution is 0.0557. The number of fused-ring (bicyclic) bond motifs is 1. The molecule has 130 valence electrons. The first kappa shape index (κ1) is 16.9. The van der Waals surface area contributed by atoms with Gasteiger partial charge in [-0.05, 0) is 48.2 Å². The SMILES string of the molecule is C[C@@]1(Cc2ccccc2)c2cc(Cl)ccc2C(=O)N1Cc1ccccc1. The van der Waals surface area contributed by atoms with Crippen LogP contribution in [0.5, 0.6) is 0 Å². The maximum atomic E-state index is 13.2. The molecule has 0 bridgehead atoms. The third kappa shape index (κ3) is 2.91. The molecule has 1 aliphatic heterocycles. The average molecular weight is 362 g/mol. The van der Waals surface area contributed by atoms with Crippen LogP contribution in [0.3, 0.4) is 0 Å². The molecule has 0 saturated heterocycles. The number of benzene rings is 3. The molecule has 1 atom stereocenters. The molecule has 0 spiro atoms. The molecule has 3 aromatic carbocycles. The Balaban J connectivity index is 1.79. The van der Waals surface area contributed by atoms with Gasteiger partial charge in [-0.15, -0.1) is 0 Å². The number of nitrogens with zero attached hydrogens (tertiary/aromatic N) is 1. The summed E-state index contributed by atoms with van der Waals surface area (Å²) in [4.78, 5) is 15.2. The smallest absolute Gasteiger partial charge is 0.255 e. The number of carbonyl (C=O) groups excluding carboxylic acids is 1. The van der Waals surface area contributed by atoms with Crippen molar-refractivity contribution in [2.45, 2.75) is 25.4 Å². The van der Waals surface area contributed by atoms with E-state index in [9.17, 15) is 4.79 Å². The normalized spacial score (nSPS) is 18.8. The van der Waals surface area contributed by atoms with Crippen LogP contribution >= 0.6 is 11.6 Å². The Morgan fingerprint density at radius 3 is 2.15 bits per heavy atom. The predicted octanol–water partition coefficient (Wildman–Crippen LogP) is 5.45. The van der Waals surface area contributed by atoms with Crippen molar-refractivity contribution in [2.75, 3.05) is 0 Å². The Kier molecular flexibility index (Phi) is 4.29. The van der Waals surface area contributed by atoms with Crippen LogP contribution in [-0.2, 0) is 18.5 Å². The fraction of sp³-hybridized carbons (Fsp3) is 0.174. The van der Waals surface area contributed by atoms with E-state index in [0.29, 0.717) is 11.6 Å². The van der Waals surface area contributed by atoms with Gasteiger partial charge in [0.25, 0.3) is 5.91 Å². The highest BCUT2D eigenvalue weighted by Gasteiger charge is 2.46. The fourth-order valence-electron chi connectivity index (χ4n) is 3.86. The van der Waals surface area contributed by atoms with Crippen LogP contribution in [0.2, 0.25) is 5.02 Å². The summed E-state index contributed by atoms with van der Waals surface area (Å²) < 4.78 is 0. The van der Waals surface area contributed by atoms with Gasteiger partial charge in [0.2, 0.25) is 0 Å². The molecule has 2 nitrogen and oxygen atoms in total. The Labute approximate surface area is 159 Å². The summed E-state index contributed by atoms with van der Waals surface area (Å²) in [5.41, 5.74) is 3.65. The first-order valence-corrected chi connectivity index (χ1v) is 9.15. The summed E-state index contributed by atoms with van der Waals surface area (Å²) in [6.45, 7) is 2.72. The van der Waals surface area contributed by atoms with Gasteiger partial charge in [0.1, 0.15) is 0 Å². The van der Waals surface area contributed by atoms with E-state index in [2.05, 4.69) is 31.2 Å². The number of hydrogen-bond acceptors (Lipinski definition) is 1. The van der Waals surface area contributed by atoms with Gasteiger partial charge in [-0.25, -0.2) is 0 Å². The van der Waals surface area contributed by atoms with Gasteiger partial charge in [0, 0.05) is 17.1 Å².